The van der Waals surface area contributed by atoms with E-state index < -0.39 is 0 Å². The molecule has 4 saturated heterocycles. The number of ether oxygens (including phenoxy) is 7. The molecule has 0 saturated carbocycles. The lowest BCUT2D eigenvalue weighted by Crippen LogP contribution is -2.38. The van der Waals surface area contributed by atoms with Crippen molar-refractivity contribution in [1.29, 1.82) is 0 Å². The summed E-state index contributed by atoms with van der Waals surface area (Å²) in [7, 11) is 0. The standard InChI is InChI=1S/C26H29IO7/c27-21-25-24(19(14-32-25)29-12-17-9-5-2-6-10-17)34-26(21)33-20-15-31-22-18(13-30-23(20)22)28-11-16-7-3-1-4-8-16/h1-10,18-26H,11-15H2/t18-,19-,20+,21-,22-,23-,24-,25-,26-/m1/s1. The van der Waals surface area contributed by atoms with Crippen molar-refractivity contribution in [2.45, 2.75) is 66.2 Å². The average Bonchev–Trinajstić information content (AvgIpc) is 3.63. The summed E-state index contributed by atoms with van der Waals surface area (Å²) in [4.78, 5) is 0. The Kier molecular flexibility index (Phi) is 7.18. The molecule has 34 heavy (non-hydrogen) atoms. The maximum atomic E-state index is 6.39. The molecule has 4 aliphatic heterocycles. The van der Waals surface area contributed by atoms with E-state index in [1.165, 1.54) is 0 Å². The van der Waals surface area contributed by atoms with E-state index in [0.29, 0.717) is 33.0 Å². The molecular formula is C26H29IO7. The minimum atomic E-state index is -0.390. The van der Waals surface area contributed by atoms with Crippen molar-refractivity contribution in [3.63, 3.8) is 0 Å². The largest absolute Gasteiger partial charge is 0.371 e. The summed E-state index contributed by atoms with van der Waals surface area (Å²) < 4.78 is 43.2. The Morgan fingerprint density at radius 1 is 0.647 bits per heavy atom. The zero-order valence-electron chi connectivity index (χ0n) is 18.7. The van der Waals surface area contributed by atoms with Crippen molar-refractivity contribution in [3.8, 4) is 0 Å². The van der Waals surface area contributed by atoms with Crippen molar-refractivity contribution >= 4 is 22.6 Å². The minimum absolute atomic E-state index is 0.0454. The van der Waals surface area contributed by atoms with Gasteiger partial charge in [0.05, 0.1) is 37.0 Å². The third kappa shape index (κ3) is 4.79. The van der Waals surface area contributed by atoms with E-state index in [-0.39, 0.29) is 52.9 Å². The third-order valence-electron chi connectivity index (χ3n) is 6.89. The highest BCUT2D eigenvalue weighted by molar-refractivity contribution is 14.1. The zero-order chi connectivity index (χ0) is 22.9. The SMILES string of the molecule is I[C@H]1[C@H](O[C@H]2CO[C@H]3[C@@H]2OC[C@H]3OCc2ccccc2)O[C@H]2[C@@H]1OC[C@H]2OCc1ccccc1. The molecule has 0 bridgehead atoms. The molecule has 7 nitrogen and oxygen atoms in total. The number of halogens is 1. The summed E-state index contributed by atoms with van der Waals surface area (Å²) in [5.74, 6) is 0. The summed E-state index contributed by atoms with van der Waals surface area (Å²) in [6, 6.07) is 20.3. The lowest BCUT2D eigenvalue weighted by atomic mass is 10.1. The molecule has 0 unspecified atom stereocenters. The fraction of sp³-hybridized carbons (Fsp3) is 0.538. The maximum absolute atomic E-state index is 6.39. The third-order valence-corrected chi connectivity index (χ3v) is 8.19. The summed E-state index contributed by atoms with van der Waals surface area (Å²) in [5.41, 5.74) is 2.28. The van der Waals surface area contributed by atoms with Crippen LogP contribution in [0.2, 0.25) is 0 Å². The Hall–Kier alpha value is -1.11. The van der Waals surface area contributed by atoms with Crippen LogP contribution in [0.15, 0.2) is 60.7 Å². The van der Waals surface area contributed by atoms with Crippen LogP contribution in [0.5, 0.6) is 0 Å². The van der Waals surface area contributed by atoms with Crippen molar-refractivity contribution in [3.05, 3.63) is 71.8 Å². The Morgan fingerprint density at radius 3 is 1.76 bits per heavy atom. The van der Waals surface area contributed by atoms with Crippen LogP contribution in [0.1, 0.15) is 11.1 Å². The van der Waals surface area contributed by atoms with E-state index in [4.69, 9.17) is 33.2 Å². The van der Waals surface area contributed by atoms with Crippen LogP contribution in [0.3, 0.4) is 0 Å². The highest BCUT2D eigenvalue weighted by atomic mass is 127. The predicted molar refractivity (Wildman–Crippen MR) is 131 cm³/mol. The van der Waals surface area contributed by atoms with Crippen LogP contribution >= 0.6 is 22.6 Å². The van der Waals surface area contributed by atoms with Crippen molar-refractivity contribution in [2.24, 2.45) is 0 Å². The van der Waals surface area contributed by atoms with Gasteiger partial charge in [-0.1, -0.05) is 83.3 Å². The van der Waals surface area contributed by atoms with Crippen molar-refractivity contribution in [2.75, 3.05) is 19.8 Å². The van der Waals surface area contributed by atoms with Crippen LogP contribution in [0.25, 0.3) is 0 Å². The molecule has 0 amide bonds. The molecule has 0 aromatic heterocycles. The molecule has 8 heteroatoms. The molecule has 2 aromatic rings. The molecule has 182 valence electrons. The number of hydrogen-bond acceptors (Lipinski definition) is 7. The summed E-state index contributed by atoms with van der Waals surface area (Å²) in [6.45, 7) is 2.59. The van der Waals surface area contributed by atoms with Crippen molar-refractivity contribution < 1.29 is 33.2 Å². The second-order valence-electron chi connectivity index (χ2n) is 9.15. The van der Waals surface area contributed by atoms with E-state index in [9.17, 15) is 0 Å². The first-order valence-electron chi connectivity index (χ1n) is 11.9. The Morgan fingerprint density at radius 2 is 1.15 bits per heavy atom. The monoisotopic (exact) mass is 580 g/mol. The first-order chi connectivity index (χ1) is 16.8. The maximum Gasteiger partial charge on any atom is 0.173 e. The summed E-state index contributed by atoms with van der Waals surface area (Å²) in [6.07, 6.45) is -1.26. The van der Waals surface area contributed by atoms with Gasteiger partial charge >= 0.3 is 0 Å². The van der Waals surface area contributed by atoms with E-state index in [1.807, 2.05) is 36.4 Å². The van der Waals surface area contributed by atoms with E-state index in [2.05, 4.69) is 46.9 Å². The summed E-state index contributed by atoms with van der Waals surface area (Å²) >= 11 is 2.37. The zero-order valence-corrected chi connectivity index (χ0v) is 20.9. The number of benzene rings is 2. The predicted octanol–water partition coefficient (Wildman–Crippen LogP) is 3.27. The molecule has 0 aliphatic carbocycles. The minimum Gasteiger partial charge on any atom is -0.371 e. The second kappa shape index (κ2) is 10.5. The topological polar surface area (TPSA) is 64.6 Å². The Bertz CT molecular complexity index is 931. The second-order valence-corrected chi connectivity index (χ2v) is 10.6. The molecule has 4 heterocycles. The molecule has 9 atom stereocenters. The first kappa shape index (κ1) is 23.3. The molecule has 4 aliphatic rings. The fourth-order valence-electron chi connectivity index (χ4n) is 5.10. The van der Waals surface area contributed by atoms with Gasteiger partial charge in [-0.2, -0.15) is 0 Å². The molecule has 0 N–H and O–H groups in total. The van der Waals surface area contributed by atoms with Gasteiger partial charge in [-0.3, -0.25) is 0 Å². The van der Waals surface area contributed by atoms with E-state index in [1.54, 1.807) is 0 Å². The average molecular weight is 580 g/mol. The molecule has 6 rings (SSSR count). The van der Waals surface area contributed by atoms with Gasteiger partial charge in [0, 0.05) is 0 Å². The lowest BCUT2D eigenvalue weighted by Gasteiger charge is -2.24. The highest BCUT2D eigenvalue weighted by Crippen LogP contribution is 2.40. The van der Waals surface area contributed by atoms with Gasteiger partial charge in [-0.05, 0) is 11.1 Å². The Balaban J connectivity index is 1.01. The molecule has 0 radical (unpaired) electrons. The van der Waals surface area contributed by atoms with E-state index >= 15 is 0 Å². The number of hydrogen-bond donors (Lipinski definition) is 0. The molecule has 0 spiro atoms. The number of alkyl halides is 1. The quantitative estimate of drug-likeness (QED) is 0.351. The normalized spacial score (nSPS) is 38.8. The summed E-state index contributed by atoms with van der Waals surface area (Å²) in [5, 5.41) is 0. The fourth-order valence-corrected chi connectivity index (χ4v) is 6.05. The Labute approximate surface area is 213 Å². The molecular weight excluding hydrogens is 551 g/mol. The van der Waals surface area contributed by atoms with Gasteiger partial charge in [-0.25, -0.2) is 0 Å². The van der Waals surface area contributed by atoms with Gasteiger partial charge in [0.15, 0.2) is 6.29 Å². The molecule has 4 fully saturated rings. The van der Waals surface area contributed by atoms with Crippen LogP contribution in [-0.2, 0) is 46.4 Å². The van der Waals surface area contributed by atoms with Gasteiger partial charge in [0.2, 0.25) is 0 Å². The van der Waals surface area contributed by atoms with Gasteiger partial charge in [-0.15, -0.1) is 0 Å². The van der Waals surface area contributed by atoms with Crippen LogP contribution in [-0.4, -0.2) is 72.8 Å². The van der Waals surface area contributed by atoms with Gasteiger partial charge < -0.3 is 33.2 Å². The van der Waals surface area contributed by atoms with Crippen LogP contribution in [0.4, 0.5) is 0 Å². The van der Waals surface area contributed by atoms with Crippen LogP contribution in [0, 0.1) is 0 Å². The number of rotatable bonds is 8. The smallest absolute Gasteiger partial charge is 0.173 e. The van der Waals surface area contributed by atoms with Gasteiger partial charge in [0.25, 0.3) is 0 Å². The lowest BCUT2D eigenvalue weighted by molar-refractivity contribution is -0.191. The molecule has 2 aromatic carbocycles. The van der Waals surface area contributed by atoms with E-state index in [0.717, 1.165) is 11.1 Å². The van der Waals surface area contributed by atoms with Gasteiger partial charge in [0.1, 0.15) is 42.7 Å². The number of fused-ring (bicyclic) bond motifs is 2. The first-order valence-corrected chi connectivity index (χ1v) is 13.1. The van der Waals surface area contributed by atoms with Crippen LogP contribution < -0.4 is 0 Å². The van der Waals surface area contributed by atoms with Crippen molar-refractivity contribution in [1.82, 2.24) is 0 Å². The highest BCUT2D eigenvalue weighted by Gasteiger charge is 2.55.